The fourth-order valence-corrected chi connectivity index (χ4v) is 10.0. The molecular weight excluding hydrogens is 757 g/mol. The average Bonchev–Trinajstić information content (AvgIpc) is 3.70. The first-order valence-electron chi connectivity index (χ1n) is 22.6. The summed E-state index contributed by atoms with van der Waals surface area (Å²) in [5.74, 6) is 2.60. The molecule has 7 heterocycles. The highest BCUT2D eigenvalue weighted by Crippen LogP contribution is 2.42. The van der Waals surface area contributed by atoms with Crippen LogP contribution in [0.4, 0.5) is 17.2 Å². The molecule has 5 fully saturated rings. The summed E-state index contributed by atoms with van der Waals surface area (Å²) in [5.41, 5.74) is 12.7. The van der Waals surface area contributed by atoms with Crippen LogP contribution in [0.25, 0.3) is 0 Å². The van der Waals surface area contributed by atoms with Gasteiger partial charge >= 0.3 is 0 Å². The molecule has 7 aliphatic rings. The van der Waals surface area contributed by atoms with Gasteiger partial charge in [-0.05, 0) is 99.6 Å². The van der Waals surface area contributed by atoms with Crippen LogP contribution in [0.1, 0.15) is 108 Å². The van der Waals surface area contributed by atoms with Crippen LogP contribution in [-0.4, -0.2) is 119 Å². The highest BCUT2D eigenvalue weighted by atomic mass is 16.5. The summed E-state index contributed by atoms with van der Waals surface area (Å²) in [4.78, 5) is 58.7. The number of ether oxygens (including phenoxy) is 1. The Kier molecular flexibility index (Phi) is 11.7. The molecule has 1 aliphatic carbocycles. The van der Waals surface area contributed by atoms with Gasteiger partial charge in [-0.15, -0.1) is 0 Å². The van der Waals surface area contributed by atoms with Crippen molar-refractivity contribution < 1.29 is 22.0 Å². The third-order valence-electron chi connectivity index (χ3n) is 13.9. The Hall–Kier alpha value is -4.79. The number of piperidine rings is 3. The van der Waals surface area contributed by atoms with E-state index in [1.807, 2.05) is 32.0 Å². The first-order valence-corrected chi connectivity index (χ1v) is 22.6. The molecule has 0 bridgehead atoms. The molecule has 3 aromatic rings. The van der Waals surface area contributed by atoms with E-state index in [-0.39, 0.29) is 38.6 Å². The third-order valence-corrected chi connectivity index (χ3v) is 13.9. The Bertz CT molecular complexity index is 2060. The smallest absolute Gasteiger partial charge is 0.255 e. The molecule has 2 aromatic carbocycles. The summed E-state index contributed by atoms with van der Waals surface area (Å²) in [6, 6.07) is 14.0. The summed E-state index contributed by atoms with van der Waals surface area (Å²) < 4.78 is 6.26. The van der Waals surface area contributed by atoms with Gasteiger partial charge in [0.15, 0.2) is 0 Å². The standard InChI is InChI=1S/C44H56N10O4.C2H6.2H2/c1-44(12-13-44)58-33-4-5-36-35(23-33)41(49-48-36)37-24-39(46-28-45-37)53-16-10-30(11-17-53)26-51-20-18-50(19-21-51)25-29-8-14-52(15-9-29)32-3-2-31-27-54(43(57)34(31)22-32)38-6-7-40(55)47-42(38)56;1-2;;/h2-5,22-24,28-30,38,41,48-49H,6-21,25-27H2,1H3,(H,47,55,56);1-2H3;2*1H. The second-order valence-electron chi connectivity index (χ2n) is 18.0. The molecule has 4 saturated heterocycles. The molecule has 3 amide bonds. The number of nitrogens with zero attached hydrogens (tertiary/aromatic N) is 7. The lowest BCUT2D eigenvalue weighted by Crippen LogP contribution is -2.52. The number of rotatable bonds is 10. The van der Waals surface area contributed by atoms with Crippen LogP contribution < -0.4 is 30.7 Å². The number of hydrogen-bond acceptors (Lipinski definition) is 12. The summed E-state index contributed by atoms with van der Waals surface area (Å²) in [6.07, 6.45) is 9.25. The molecule has 10 rings (SSSR count). The Morgan fingerprint density at radius 1 is 0.800 bits per heavy atom. The molecule has 0 spiro atoms. The minimum atomic E-state index is -0.578. The zero-order valence-electron chi connectivity index (χ0n) is 35.6. The molecule has 6 aliphatic heterocycles. The molecule has 1 aromatic heterocycles. The number of hydrazine groups is 1. The Balaban J connectivity index is 0.00000143. The number of carbonyl (C=O) groups excluding carboxylic acids is 3. The van der Waals surface area contributed by atoms with E-state index < -0.39 is 6.04 Å². The van der Waals surface area contributed by atoms with Crippen molar-refractivity contribution in [1.82, 2.24) is 35.4 Å². The van der Waals surface area contributed by atoms with Gasteiger partial charge in [-0.1, -0.05) is 19.9 Å². The summed E-state index contributed by atoms with van der Waals surface area (Å²) in [7, 11) is 0. The van der Waals surface area contributed by atoms with Crippen LogP contribution in [0.5, 0.6) is 5.75 Å². The predicted molar refractivity (Wildman–Crippen MR) is 236 cm³/mol. The van der Waals surface area contributed by atoms with E-state index in [1.54, 1.807) is 11.2 Å². The summed E-state index contributed by atoms with van der Waals surface area (Å²) >= 11 is 0. The number of aromatic nitrogens is 2. The number of amides is 3. The van der Waals surface area contributed by atoms with Crippen molar-refractivity contribution in [1.29, 1.82) is 0 Å². The predicted octanol–water partition coefficient (Wildman–Crippen LogP) is 5.46. The Labute approximate surface area is 357 Å². The first kappa shape index (κ1) is 40.6. The van der Waals surface area contributed by atoms with E-state index >= 15 is 0 Å². The number of piperazine rings is 1. The van der Waals surface area contributed by atoms with Crippen molar-refractivity contribution in [2.75, 3.05) is 80.7 Å². The lowest BCUT2D eigenvalue weighted by molar-refractivity contribution is -0.136. The van der Waals surface area contributed by atoms with Gasteiger partial charge in [0, 0.05) is 104 Å². The van der Waals surface area contributed by atoms with Gasteiger partial charge in [-0.2, -0.15) is 0 Å². The van der Waals surface area contributed by atoms with Crippen molar-refractivity contribution in [3.63, 3.8) is 0 Å². The van der Waals surface area contributed by atoms with E-state index in [9.17, 15) is 14.4 Å². The average molecular weight is 823 g/mol. The zero-order chi connectivity index (χ0) is 41.4. The number of hydrogen-bond donors (Lipinski definition) is 3. The SMILES string of the molecule is CC.CC1(Oc2ccc3c(c2)C(c2cc(N4CCC(CN5CCN(CC6CCN(c7ccc8c(c7)C(=O)N(C7CCC(=O)NC7=O)C8)CC6)CC5)CC4)ncn2)NN3)CC1.[HH].[HH]. The maximum Gasteiger partial charge on any atom is 0.255 e. The third kappa shape index (κ3) is 8.69. The Morgan fingerprint density at radius 2 is 1.48 bits per heavy atom. The topological polar surface area (TPSA) is 139 Å². The van der Waals surface area contributed by atoms with E-state index in [0.29, 0.717) is 30.4 Å². The second kappa shape index (κ2) is 17.3. The molecule has 14 heteroatoms. The van der Waals surface area contributed by atoms with Gasteiger partial charge in [0.05, 0.1) is 17.4 Å². The Morgan fingerprint density at radius 3 is 2.15 bits per heavy atom. The summed E-state index contributed by atoms with van der Waals surface area (Å²) in [5, 5.41) is 2.39. The van der Waals surface area contributed by atoms with E-state index in [2.05, 4.69) is 67.0 Å². The van der Waals surface area contributed by atoms with E-state index in [4.69, 9.17) is 14.7 Å². The lowest BCUT2D eigenvalue weighted by Gasteiger charge is -2.41. The maximum absolute atomic E-state index is 13.4. The van der Waals surface area contributed by atoms with Crippen molar-refractivity contribution in [2.45, 2.75) is 96.4 Å². The van der Waals surface area contributed by atoms with Gasteiger partial charge in [-0.3, -0.25) is 19.7 Å². The minimum absolute atomic E-state index is 0. The van der Waals surface area contributed by atoms with E-state index in [1.165, 1.54) is 19.4 Å². The van der Waals surface area contributed by atoms with Gasteiger partial charge in [-0.25, -0.2) is 15.4 Å². The lowest BCUT2D eigenvalue weighted by atomic mass is 9.94. The van der Waals surface area contributed by atoms with Crippen LogP contribution in [0.15, 0.2) is 48.8 Å². The second-order valence-corrected chi connectivity index (χ2v) is 18.0. The zero-order valence-corrected chi connectivity index (χ0v) is 35.6. The number of carbonyl (C=O) groups is 3. The number of benzene rings is 2. The van der Waals surface area contributed by atoms with Crippen molar-refractivity contribution in [2.24, 2.45) is 11.8 Å². The normalized spacial score (nSPS) is 24.6. The summed E-state index contributed by atoms with van der Waals surface area (Å²) in [6.45, 7) is 17.5. The van der Waals surface area contributed by atoms with Crippen LogP contribution >= 0.6 is 0 Å². The van der Waals surface area contributed by atoms with Crippen molar-refractivity contribution in [3.8, 4) is 5.75 Å². The van der Waals surface area contributed by atoms with Gasteiger partial charge in [0.1, 0.15) is 29.5 Å². The van der Waals surface area contributed by atoms with Crippen molar-refractivity contribution >= 4 is 34.9 Å². The number of fused-ring (bicyclic) bond motifs is 2. The van der Waals surface area contributed by atoms with Crippen LogP contribution in [0.3, 0.4) is 0 Å². The van der Waals surface area contributed by atoms with Gasteiger partial charge in [0.2, 0.25) is 11.8 Å². The fourth-order valence-electron chi connectivity index (χ4n) is 10.0. The molecule has 60 heavy (non-hydrogen) atoms. The molecular formula is C46H66N10O4. The maximum atomic E-state index is 13.4. The molecule has 2 atom stereocenters. The van der Waals surface area contributed by atoms with Gasteiger partial charge in [0.25, 0.3) is 5.91 Å². The largest absolute Gasteiger partial charge is 0.488 e. The minimum Gasteiger partial charge on any atom is -0.488 e. The van der Waals surface area contributed by atoms with Crippen LogP contribution in [0.2, 0.25) is 0 Å². The highest BCUT2D eigenvalue weighted by molar-refractivity contribution is 6.05. The van der Waals surface area contributed by atoms with E-state index in [0.717, 1.165) is 124 Å². The fraction of sp³-hybridized carbons (Fsp3) is 0.587. The monoisotopic (exact) mass is 823 g/mol. The first-order chi connectivity index (χ1) is 29.2. The van der Waals surface area contributed by atoms with Crippen LogP contribution in [0, 0.1) is 11.8 Å². The highest BCUT2D eigenvalue weighted by Gasteiger charge is 2.41. The molecule has 14 nitrogen and oxygen atoms in total. The van der Waals surface area contributed by atoms with Crippen molar-refractivity contribution in [3.05, 3.63) is 71.2 Å². The number of anilines is 3. The van der Waals surface area contributed by atoms with Gasteiger partial charge < -0.3 is 34.7 Å². The quantitative estimate of drug-likeness (QED) is 0.224. The molecule has 1 saturated carbocycles. The molecule has 0 radical (unpaired) electrons. The molecule has 324 valence electrons. The van der Waals surface area contributed by atoms with Crippen LogP contribution in [-0.2, 0) is 16.1 Å². The molecule has 2 unspecified atom stereocenters. The molecule has 3 N–H and O–H groups in total. The number of nitrogens with one attached hydrogen (secondary N) is 3. The number of imide groups is 1.